The molecule has 0 bridgehead atoms. The normalized spacial score (nSPS) is 20.5. The first-order valence-corrected chi connectivity index (χ1v) is 8.22. The van der Waals surface area contributed by atoms with Crippen LogP contribution in [-0.2, 0) is 12.8 Å². The molecule has 3 rings (SSSR count). The van der Waals surface area contributed by atoms with Crippen LogP contribution in [0.4, 0.5) is 0 Å². The second-order valence-electron chi connectivity index (χ2n) is 6.25. The molecule has 0 saturated heterocycles. The first-order chi connectivity index (χ1) is 9.72. The number of ether oxygens (including phenoxy) is 1. The van der Waals surface area contributed by atoms with E-state index in [9.17, 15) is 5.11 Å². The highest BCUT2D eigenvalue weighted by Crippen LogP contribution is 2.35. The molecule has 2 aliphatic rings. The molecule has 1 fully saturated rings. The van der Waals surface area contributed by atoms with Crippen LogP contribution >= 0.6 is 11.6 Å². The summed E-state index contributed by atoms with van der Waals surface area (Å²) < 4.78 is 5.71. The quantitative estimate of drug-likeness (QED) is 0.904. The Kier molecular flexibility index (Phi) is 4.52. The molecule has 20 heavy (non-hydrogen) atoms. The van der Waals surface area contributed by atoms with E-state index < -0.39 is 0 Å². The molecule has 1 aromatic rings. The van der Waals surface area contributed by atoms with Crippen LogP contribution in [0.25, 0.3) is 0 Å². The fraction of sp³-hybridized carbons (Fsp3) is 0.647. The van der Waals surface area contributed by atoms with Crippen molar-refractivity contribution in [1.82, 2.24) is 0 Å². The van der Waals surface area contributed by atoms with E-state index >= 15 is 0 Å². The fourth-order valence-electron chi connectivity index (χ4n) is 3.64. The minimum Gasteiger partial charge on any atom is -0.493 e. The van der Waals surface area contributed by atoms with Crippen molar-refractivity contribution in [2.45, 2.75) is 57.5 Å². The van der Waals surface area contributed by atoms with Crippen LogP contribution in [0.5, 0.6) is 5.75 Å². The zero-order valence-corrected chi connectivity index (χ0v) is 12.7. The third kappa shape index (κ3) is 3.29. The van der Waals surface area contributed by atoms with Crippen molar-refractivity contribution < 1.29 is 9.84 Å². The molecular weight excluding hydrogens is 272 g/mol. The van der Waals surface area contributed by atoms with Crippen molar-refractivity contribution in [3.63, 3.8) is 0 Å². The third-order valence-corrected chi connectivity index (χ3v) is 4.83. The highest BCUT2D eigenvalue weighted by Gasteiger charge is 2.22. The van der Waals surface area contributed by atoms with Crippen LogP contribution < -0.4 is 4.74 Å². The highest BCUT2D eigenvalue weighted by atomic mass is 35.5. The van der Waals surface area contributed by atoms with E-state index in [0.29, 0.717) is 12.3 Å². The van der Waals surface area contributed by atoms with Gasteiger partial charge in [0.05, 0.1) is 12.7 Å². The number of aliphatic hydroxyl groups excluding tert-OH is 1. The van der Waals surface area contributed by atoms with Gasteiger partial charge in [0.15, 0.2) is 0 Å². The summed E-state index contributed by atoms with van der Waals surface area (Å²) in [5.74, 6) is 1.67. The van der Waals surface area contributed by atoms with Gasteiger partial charge in [-0.1, -0.05) is 43.7 Å². The van der Waals surface area contributed by atoms with Gasteiger partial charge >= 0.3 is 0 Å². The molecule has 0 spiro atoms. The largest absolute Gasteiger partial charge is 0.493 e. The van der Waals surface area contributed by atoms with Crippen LogP contribution in [-0.4, -0.2) is 17.8 Å². The van der Waals surface area contributed by atoms with Gasteiger partial charge in [-0.15, -0.1) is 0 Å². The van der Waals surface area contributed by atoms with E-state index in [-0.39, 0.29) is 6.10 Å². The van der Waals surface area contributed by atoms with Crippen molar-refractivity contribution in [1.29, 1.82) is 0 Å². The van der Waals surface area contributed by atoms with Crippen molar-refractivity contribution >= 4 is 11.6 Å². The van der Waals surface area contributed by atoms with E-state index in [4.69, 9.17) is 16.3 Å². The summed E-state index contributed by atoms with van der Waals surface area (Å²) in [7, 11) is 0. The second-order valence-corrected chi connectivity index (χ2v) is 6.69. The van der Waals surface area contributed by atoms with Crippen LogP contribution in [0.3, 0.4) is 0 Å². The number of aliphatic hydroxyl groups is 1. The Hall–Kier alpha value is -0.730. The monoisotopic (exact) mass is 294 g/mol. The van der Waals surface area contributed by atoms with Crippen molar-refractivity contribution in [3.8, 4) is 5.75 Å². The fourth-order valence-corrected chi connectivity index (χ4v) is 3.91. The first kappa shape index (κ1) is 14.2. The molecule has 1 atom stereocenters. The zero-order chi connectivity index (χ0) is 13.9. The van der Waals surface area contributed by atoms with E-state index in [1.54, 1.807) is 0 Å². The lowest BCUT2D eigenvalue weighted by Crippen LogP contribution is -2.18. The number of fused-ring (bicyclic) bond motifs is 1. The average molecular weight is 295 g/mol. The molecule has 1 aliphatic carbocycles. The topological polar surface area (TPSA) is 29.5 Å². The van der Waals surface area contributed by atoms with E-state index in [2.05, 4.69) is 0 Å². The summed E-state index contributed by atoms with van der Waals surface area (Å²) in [4.78, 5) is 0. The standard InChI is InChI=1S/C17H23ClO2/c18-15-9-13-6-7-20-17(13)14(10-15)11-16(19)8-12-4-2-1-3-5-12/h9-10,12,16,19H,1-8,11H2. The number of halogens is 1. The number of rotatable bonds is 4. The highest BCUT2D eigenvalue weighted by molar-refractivity contribution is 6.30. The lowest BCUT2D eigenvalue weighted by molar-refractivity contribution is 0.129. The van der Waals surface area contributed by atoms with E-state index in [1.165, 1.54) is 37.7 Å². The van der Waals surface area contributed by atoms with Crippen LogP contribution in [0.15, 0.2) is 12.1 Å². The molecule has 1 heterocycles. The lowest BCUT2D eigenvalue weighted by atomic mass is 9.84. The van der Waals surface area contributed by atoms with Gasteiger partial charge in [-0.05, 0) is 35.6 Å². The van der Waals surface area contributed by atoms with Gasteiger partial charge in [0.2, 0.25) is 0 Å². The maximum atomic E-state index is 10.4. The second kappa shape index (κ2) is 6.36. The minimum atomic E-state index is -0.273. The summed E-state index contributed by atoms with van der Waals surface area (Å²) in [6, 6.07) is 3.94. The summed E-state index contributed by atoms with van der Waals surface area (Å²) in [5.41, 5.74) is 2.27. The van der Waals surface area contributed by atoms with Gasteiger partial charge < -0.3 is 9.84 Å². The molecule has 1 unspecified atom stereocenters. The van der Waals surface area contributed by atoms with Crippen LogP contribution in [0.1, 0.15) is 49.7 Å². The van der Waals surface area contributed by atoms with Crippen molar-refractivity contribution in [2.24, 2.45) is 5.92 Å². The predicted octanol–water partition coefficient (Wildman–Crippen LogP) is 4.15. The third-order valence-electron chi connectivity index (χ3n) is 4.61. The van der Waals surface area contributed by atoms with E-state index in [0.717, 1.165) is 35.8 Å². The molecule has 1 aliphatic heterocycles. The van der Waals surface area contributed by atoms with Crippen molar-refractivity contribution in [2.75, 3.05) is 6.61 Å². The first-order valence-electron chi connectivity index (χ1n) is 7.84. The Morgan fingerprint density at radius 3 is 2.85 bits per heavy atom. The van der Waals surface area contributed by atoms with Gasteiger partial charge in [-0.3, -0.25) is 0 Å². The van der Waals surface area contributed by atoms with Gasteiger partial charge in [0.1, 0.15) is 5.75 Å². The molecular formula is C17H23ClO2. The SMILES string of the molecule is OC(Cc1cc(Cl)cc2c1OCC2)CC1CCCCC1. The summed E-state index contributed by atoms with van der Waals surface area (Å²) >= 11 is 6.17. The van der Waals surface area contributed by atoms with Crippen LogP contribution in [0, 0.1) is 5.92 Å². The molecule has 0 amide bonds. The van der Waals surface area contributed by atoms with Gasteiger partial charge in [-0.2, -0.15) is 0 Å². The summed E-state index contributed by atoms with van der Waals surface area (Å²) in [6.45, 7) is 0.737. The number of hydrogen-bond acceptors (Lipinski definition) is 2. The summed E-state index contributed by atoms with van der Waals surface area (Å²) in [5, 5.41) is 11.1. The maximum Gasteiger partial charge on any atom is 0.126 e. The Morgan fingerprint density at radius 2 is 2.05 bits per heavy atom. The van der Waals surface area contributed by atoms with Crippen molar-refractivity contribution in [3.05, 3.63) is 28.3 Å². The molecule has 1 aromatic carbocycles. The van der Waals surface area contributed by atoms with Gasteiger partial charge in [0, 0.05) is 17.9 Å². The molecule has 110 valence electrons. The molecule has 1 N–H and O–H groups in total. The molecule has 2 nitrogen and oxygen atoms in total. The van der Waals surface area contributed by atoms with Crippen LogP contribution in [0.2, 0.25) is 5.02 Å². The zero-order valence-electron chi connectivity index (χ0n) is 11.9. The lowest BCUT2D eigenvalue weighted by Gasteiger charge is -2.24. The van der Waals surface area contributed by atoms with Gasteiger partial charge in [-0.25, -0.2) is 0 Å². The minimum absolute atomic E-state index is 0.273. The Bertz CT molecular complexity index is 466. The Labute approximate surface area is 126 Å². The molecule has 0 aromatic heterocycles. The molecule has 0 radical (unpaired) electrons. The smallest absolute Gasteiger partial charge is 0.126 e. The predicted molar refractivity (Wildman–Crippen MR) is 81.6 cm³/mol. The Balaban J connectivity index is 1.65. The van der Waals surface area contributed by atoms with E-state index in [1.807, 2.05) is 12.1 Å². The maximum absolute atomic E-state index is 10.4. The van der Waals surface area contributed by atoms with Gasteiger partial charge in [0.25, 0.3) is 0 Å². The molecule has 3 heteroatoms. The Morgan fingerprint density at radius 1 is 1.25 bits per heavy atom. The number of benzene rings is 1. The average Bonchev–Trinajstić information content (AvgIpc) is 2.88. The number of hydrogen-bond donors (Lipinski definition) is 1. The molecule has 1 saturated carbocycles. The summed E-state index contributed by atoms with van der Waals surface area (Å²) in [6.07, 6.45) is 8.82.